The molecule has 1 aromatic heterocycles. The largest absolute Gasteiger partial charge is 0.495 e. The number of halogens is 1. The molecule has 0 saturated carbocycles. The summed E-state index contributed by atoms with van der Waals surface area (Å²) in [6, 6.07) is 13.0. The standard InChI is InChI=1S/C16H13ClN4O4S2/c1-25-13-9-5-4-8-12(13)21-27(23,24)16-20-19-15(26-16)18-14(22)10-6-2-3-7-11(10)17/h2-9,21H,1H3,(H,18,19,22). The molecule has 0 saturated heterocycles. The fourth-order valence-corrected chi connectivity index (χ4v) is 4.28. The van der Waals surface area contributed by atoms with Crippen LogP contribution in [0.5, 0.6) is 5.75 Å². The predicted octanol–water partition coefficient (Wildman–Crippen LogP) is 3.25. The molecule has 1 amide bonds. The van der Waals surface area contributed by atoms with Gasteiger partial charge in [-0.2, -0.15) is 8.42 Å². The zero-order chi connectivity index (χ0) is 19.4. The first-order valence-corrected chi connectivity index (χ1v) is 10.1. The van der Waals surface area contributed by atoms with Crippen molar-refractivity contribution in [2.75, 3.05) is 17.1 Å². The van der Waals surface area contributed by atoms with Crippen LogP contribution < -0.4 is 14.8 Å². The normalized spacial score (nSPS) is 11.0. The number of aromatic nitrogens is 2. The number of methoxy groups -OCH3 is 1. The summed E-state index contributed by atoms with van der Waals surface area (Å²) in [4.78, 5) is 12.2. The Morgan fingerprint density at radius 3 is 2.56 bits per heavy atom. The van der Waals surface area contributed by atoms with Crippen molar-refractivity contribution in [1.29, 1.82) is 0 Å². The van der Waals surface area contributed by atoms with Crippen molar-refractivity contribution < 1.29 is 17.9 Å². The van der Waals surface area contributed by atoms with Gasteiger partial charge in [0.2, 0.25) is 5.13 Å². The SMILES string of the molecule is COc1ccccc1NS(=O)(=O)c1nnc(NC(=O)c2ccccc2Cl)s1. The van der Waals surface area contributed by atoms with Crippen LogP contribution in [0.4, 0.5) is 10.8 Å². The Kier molecular flexibility index (Phi) is 5.59. The van der Waals surface area contributed by atoms with Gasteiger partial charge in [0, 0.05) is 0 Å². The van der Waals surface area contributed by atoms with Crippen LogP contribution in [0, 0.1) is 0 Å². The van der Waals surface area contributed by atoms with Gasteiger partial charge in [-0.3, -0.25) is 14.8 Å². The molecule has 0 aliphatic heterocycles. The van der Waals surface area contributed by atoms with Crippen LogP contribution in [0.25, 0.3) is 0 Å². The van der Waals surface area contributed by atoms with Crippen molar-refractivity contribution >= 4 is 49.7 Å². The highest BCUT2D eigenvalue weighted by molar-refractivity contribution is 7.94. The molecule has 2 N–H and O–H groups in total. The summed E-state index contributed by atoms with van der Waals surface area (Å²) in [6.07, 6.45) is 0. The van der Waals surface area contributed by atoms with Gasteiger partial charge in [-0.1, -0.05) is 47.2 Å². The molecular formula is C16H13ClN4O4S2. The van der Waals surface area contributed by atoms with E-state index in [0.717, 1.165) is 0 Å². The lowest BCUT2D eigenvalue weighted by atomic mass is 10.2. The minimum absolute atomic E-state index is 0.0281. The first kappa shape index (κ1) is 19.1. The third-order valence-corrected chi connectivity index (χ3v) is 6.23. The number of nitrogens with one attached hydrogen (secondary N) is 2. The van der Waals surface area contributed by atoms with E-state index in [1.54, 1.807) is 48.5 Å². The number of sulfonamides is 1. The lowest BCUT2D eigenvalue weighted by Gasteiger charge is -2.09. The molecule has 0 radical (unpaired) electrons. The van der Waals surface area contributed by atoms with Crippen molar-refractivity contribution in [3.63, 3.8) is 0 Å². The van der Waals surface area contributed by atoms with Crippen molar-refractivity contribution in [3.8, 4) is 5.75 Å². The summed E-state index contributed by atoms with van der Waals surface area (Å²) < 4.78 is 32.2. The monoisotopic (exact) mass is 424 g/mol. The fraction of sp³-hybridized carbons (Fsp3) is 0.0625. The van der Waals surface area contributed by atoms with Crippen molar-refractivity contribution in [2.24, 2.45) is 0 Å². The Morgan fingerprint density at radius 2 is 1.81 bits per heavy atom. The van der Waals surface area contributed by atoms with E-state index in [2.05, 4.69) is 20.2 Å². The van der Waals surface area contributed by atoms with Gasteiger partial charge in [0.05, 0.1) is 23.4 Å². The molecule has 0 bridgehead atoms. The Morgan fingerprint density at radius 1 is 1.11 bits per heavy atom. The second-order valence-corrected chi connectivity index (χ2v) is 8.35. The first-order chi connectivity index (χ1) is 12.9. The summed E-state index contributed by atoms with van der Waals surface area (Å²) in [5.41, 5.74) is 0.503. The Bertz CT molecular complexity index is 1090. The van der Waals surface area contributed by atoms with Crippen LogP contribution in [0.2, 0.25) is 5.02 Å². The summed E-state index contributed by atoms with van der Waals surface area (Å²) in [6.45, 7) is 0. The topological polar surface area (TPSA) is 110 Å². The highest BCUT2D eigenvalue weighted by Crippen LogP contribution is 2.28. The highest BCUT2D eigenvalue weighted by Gasteiger charge is 2.23. The number of para-hydroxylation sites is 2. The summed E-state index contributed by atoms with van der Waals surface area (Å²) in [5, 5.41) is 10.1. The maximum Gasteiger partial charge on any atom is 0.291 e. The van der Waals surface area contributed by atoms with E-state index < -0.39 is 15.9 Å². The molecule has 0 unspecified atom stereocenters. The Balaban J connectivity index is 1.78. The predicted molar refractivity (Wildman–Crippen MR) is 103 cm³/mol. The number of amides is 1. The number of carbonyl (C=O) groups excluding carboxylic acids is 1. The van der Waals surface area contributed by atoms with E-state index in [-0.39, 0.29) is 25.7 Å². The number of hydrogen-bond acceptors (Lipinski definition) is 7. The third-order valence-electron chi connectivity index (χ3n) is 3.33. The smallest absolute Gasteiger partial charge is 0.291 e. The van der Waals surface area contributed by atoms with Gasteiger partial charge in [0.1, 0.15) is 5.75 Å². The average molecular weight is 425 g/mol. The van der Waals surface area contributed by atoms with Gasteiger partial charge < -0.3 is 4.74 Å². The lowest BCUT2D eigenvalue weighted by Crippen LogP contribution is -2.13. The van der Waals surface area contributed by atoms with Crippen LogP contribution >= 0.6 is 22.9 Å². The molecule has 11 heteroatoms. The van der Waals surface area contributed by atoms with E-state index in [0.29, 0.717) is 17.1 Å². The van der Waals surface area contributed by atoms with Crippen molar-refractivity contribution in [3.05, 3.63) is 59.1 Å². The van der Waals surface area contributed by atoms with E-state index >= 15 is 0 Å². The molecule has 3 rings (SSSR count). The number of benzene rings is 2. The fourth-order valence-electron chi connectivity index (χ4n) is 2.10. The molecule has 0 atom stereocenters. The quantitative estimate of drug-likeness (QED) is 0.587. The van der Waals surface area contributed by atoms with Crippen LogP contribution in [-0.2, 0) is 10.0 Å². The first-order valence-electron chi connectivity index (χ1n) is 7.46. The highest BCUT2D eigenvalue weighted by atomic mass is 35.5. The van der Waals surface area contributed by atoms with Gasteiger partial charge in [-0.25, -0.2) is 0 Å². The van der Waals surface area contributed by atoms with Crippen LogP contribution in [0.1, 0.15) is 10.4 Å². The van der Waals surface area contributed by atoms with Crippen molar-refractivity contribution in [2.45, 2.75) is 4.34 Å². The molecule has 0 aliphatic carbocycles. The molecule has 27 heavy (non-hydrogen) atoms. The van der Waals surface area contributed by atoms with Gasteiger partial charge in [-0.05, 0) is 24.3 Å². The number of carbonyl (C=O) groups is 1. The number of hydrogen-bond donors (Lipinski definition) is 2. The van der Waals surface area contributed by atoms with Gasteiger partial charge in [0.25, 0.3) is 20.3 Å². The van der Waals surface area contributed by atoms with Gasteiger partial charge in [0.15, 0.2) is 0 Å². The number of anilines is 2. The second-order valence-electron chi connectivity index (χ2n) is 5.11. The Labute approximate surface area is 164 Å². The average Bonchev–Trinajstić information content (AvgIpc) is 3.11. The van der Waals surface area contributed by atoms with E-state index in [4.69, 9.17) is 16.3 Å². The number of rotatable bonds is 6. The zero-order valence-electron chi connectivity index (χ0n) is 13.8. The summed E-state index contributed by atoms with van der Waals surface area (Å²) in [5.74, 6) is -0.156. The molecule has 3 aromatic rings. The molecular weight excluding hydrogens is 412 g/mol. The minimum atomic E-state index is -4.00. The third kappa shape index (κ3) is 4.35. The van der Waals surface area contributed by atoms with Crippen LogP contribution in [0.15, 0.2) is 52.9 Å². The molecule has 2 aromatic carbocycles. The lowest BCUT2D eigenvalue weighted by molar-refractivity contribution is 0.102. The van der Waals surface area contributed by atoms with E-state index in [1.807, 2.05) is 0 Å². The van der Waals surface area contributed by atoms with Gasteiger partial charge in [-0.15, -0.1) is 10.2 Å². The van der Waals surface area contributed by atoms with E-state index in [9.17, 15) is 13.2 Å². The maximum absolute atomic E-state index is 12.5. The number of ether oxygens (including phenoxy) is 1. The molecule has 1 heterocycles. The minimum Gasteiger partial charge on any atom is -0.495 e. The molecule has 0 aliphatic rings. The van der Waals surface area contributed by atoms with Gasteiger partial charge >= 0.3 is 0 Å². The second kappa shape index (κ2) is 7.91. The Hall–Kier alpha value is -2.69. The van der Waals surface area contributed by atoms with Crippen LogP contribution in [-0.4, -0.2) is 31.6 Å². The summed E-state index contributed by atoms with van der Waals surface area (Å²) >= 11 is 6.68. The number of nitrogens with zero attached hydrogens (tertiary/aromatic N) is 2. The zero-order valence-corrected chi connectivity index (χ0v) is 16.2. The van der Waals surface area contributed by atoms with E-state index in [1.165, 1.54) is 7.11 Å². The molecule has 0 fully saturated rings. The molecule has 140 valence electrons. The molecule has 0 spiro atoms. The summed E-state index contributed by atoms with van der Waals surface area (Å²) in [7, 11) is -2.57. The molecule has 8 nitrogen and oxygen atoms in total. The van der Waals surface area contributed by atoms with Crippen LogP contribution in [0.3, 0.4) is 0 Å². The van der Waals surface area contributed by atoms with Crippen molar-refractivity contribution in [1.82, 2.24) is 10.2 Å². The maximum atomic E-state index is 12.5.